The van der Waals surface area contributed by atoms with Crippen LogP contribution >= 0.6 is 0 Å². The van der Waals surface area contributed by atoms with E-state index in [-0.39, 0.29) is 5.56 Å². The molecule has 1 saturated heterocycles. The lowest BCUT2D eigenvalue weighted by atomic mass is 9.89. The third-order valence-electron chi connectivity index (χ3n) is 7.43. The zero-order valence-corrected chi connectivity index (χ0v) is 18.8. The molecule has 0 unspecified atom stereocenters. The van der Waals surface area contributed by atoms with Gasteiger partial charge in [-0.25, -0.2) is 4.98 Å². The van der Waals surface area contributed by atoms with Crippen LogP contribution in [0.1, 0.15) is 49.1 Å². The summed E-state index contributed by atoms with van der Waals surface area (Å²) >= 11 is 0. The highest BCUT2D eigenvalue weighted by atomic mass is 16.7. The number of piperidine rings is 1. The maximum atomic E-state index is 13.3. The van der Waals surface area contributed by atoms with E-state index in [4.69, 9.17) is 9.47 Å². The fraction of sp³-hybridized carbons (Fsp3) is 0.462. The predicted octanol–water partition coefficient (Wildman–Crippen LogP) is 4.26. The van der Waals surface area contributed by atoms with E-state index in [9.17, 15) is 4.79 Å². The number of ether oxygens (including phenoxy) is 2. The minimum atomic E-state index is -0.510. The average Bonchev–Trinajstić information content (AvgIpc) is 2.75. The molecule has 1 spiro atoms. The Bertz CT molecular complexity index is 1250. The summed E-state index contributed by atoms with van der Waals surface area (Å²) in [6, 6.07) is 12.5. The molecule has 0 atom stereocenters. The van der Waals surface area contributed by atoms with Crippen LogP contribution in [0.4, 0.5) is 0 Å². The molecule has 1 aliphatic carbocycles. The Morgan fingerprint density at radius 1 is 1.06 bits per heavy atom. The lowest BCUT2D eigenvalue weighted by molar-refractivity contribution is -0.231. The first-order chi connectivity index (χ1) is 15.5. The zero-order valence-electron chi connectivity index (χ0n) is 18.8. The normalized spacial score (nSPS) is 20.7. The van der Waals surface area contributed by atoms with Gasteiger partial charge in [-0.1, -0.05) is 18.1 Å². The predicted molar refractivity (Wildman–Crippen MR) is 123 cm³/mol. The van der Waals surface area contributed by atoms with Gasteiger partial charge in [-0.05, 0) is 57.0 Å². The van der Waals surface area contributed by atoms with Crippen LogP contribution in [0, 0.1) is 13.8 Å². The van der Waals surface area contributed by atoms with Crippen molar-refractivity contribution in [2.75, 3.05) is 13.1 Å². The second kappa shape index (κ2) is 7.42. The third kappa shape index (κ3) is 3.24. The van der Waals surface area contributed by atoms with Crippen molar-refractivity contribution in [3.05, 3.63) is 63.7 Å². The van der Waals surface area contributed by atoms with E-state index in [1.54, 1.807) is 4.57 Å². The van der Waals surface area contributed by atoms with E-state index in [0.717, 1.165) is 60.1 Å². The first-order valence-electron chi connectivity index (χ1n) is 11.7. The molecule has 0 N–H and O–H groups in total. The Labute approximate surface area is 187 Å². The maximum Gasteiger partial charge on any atom is 0.265 e. The first kappa shape index (κ1) is 19.9. The Kier molecular flexibility index (Phi) is 4.63. The van der Waals surface area contributed by atoms with Crippen molar-refractivity contribution in [3.63, 3.8) is 0 Å². The van der Waals surface area contributed by atoms with Crippen molar-refractivity contribution in [1.29, 1.82) is 0 Å². The first-order valence-corrected chi connectivity index (χ1v) is 11.7. The monoisotopic (exact) mass is 431 g/mol. The van der Waals surface area contributed by atoms with Crippen LogP contribution in [0.2, 0.25) is 0 Å². The molecule has 1 saturated carbocycles. The van der Waals surface area contributed by atoms with Crippen LogP contribution in [-0.2, 0) is 11.3 Å². The number of aryl methyl sites for hydroxylation is 2. The summed E-state index contributed by atoms with van der Waals surface area (Å²) in [5.41, 5.74) is 3.51. The summed E-state index contributed by atoms with van der Waals surface area (Å²) in [4.78, 5) is 20.5. The minimum Gasteiger partial charge on any atom is -0.462 e. The van der Waals surface area contributed by atoms with Crippen LogP contribution in [0.5, 0.6) is 5.75 Å². The molecule has 6 nitrogen and oxygen atoms in total. The SMILES string of the molecule is Cc1ccc2nc(C)n(-c3ccc4c(c3)COC3(CCN(C5CCC5)CC3)O4)c(=O)c2c1. The molecule has 3 aliphatic rings. The van der Waals surface area contributed by atoms with Gasteiger partial charge in [-0.2, -0.15) is 0 Å². The lowest BCUT2D eigenvalue weighted by Crippen LogP contribution is -2.54. The summed E-state index contributed by atoms with van der Waals surface area (Å²) in [5.74, 6) is 1.03. The summed E-state index contributed by atoms with van der Waals surface area (Å²) in [7, 11) is 0. The van der Waals surface area contributed by atoms with Gasteiger partial charge >= 0.3 is 0 Å². The quantitative estimate of drug-likeness (QED) is 0.607. The molecule has 32 heavy (non-hydrogen) atoms. The van der Waals surface area contributed by atoms with E-state index < -0.39 is 5.79 Å². The number of hydrogen-bond acceptors (Lipinski definition) is 5. The van der Waals surface area contributed by atoms with Crippen LogP contribution in [0.3, 0.4) is 0 Å². The highest BCUT2D eigenvalue weighted by Crippen LogP contribution is 2.39. The largest absolute Gasteiger partial charge is 0.462 e. The lowest BCUT2D eigenvalue weighted by Gasteiger charge is -2.47. The van der Waals surface area contributed by atoms with E-state index in [2.05, 4.69) is 9.88 Å². The van der Waals surface area contributed by atoms with Crippen molar-refractivity contribution in [2.24, 2.45) is 0 Å². The van der Waals surface area contributed by atoms with Gasteiger partial charge in [0.25, 0.3) is 5.56 Å². The van der Waals surface area contributed by atoms with Crippen molar-refractivity contribution < 1.29 is 9.47 Å². The van der Waals surface area contributed by atoms with Gasteiger partial charge in [0.05, 0.1) is 23.2 Å². The van der Waals surface area contributed by atoms with Crippen LogP contribution in [0.25, 0.3) is 16.6 Å². The smallest absolute Gasteiger partial charge is 0.265 e. The molecule has 0 amide bonds. The molecular formula is C26H29N3O3. The van der Waals surface area contributed by atoms with Gasteiger partial charge in [-0.15, -0.1) is 0 Å². The highest BCUT2D eigenvalue weighted by molar-refractivity contribution is 5.78. The number of hydrogen-bond donors (Lipinski definition) is 0. The summed E-state index contributed by atoms with van der Waals surface area (Å²) in [5, 5.41) is 0.637. The second-order valence-corrected chi connectivity index (χ2v) is 9.53. The molecule has 3 heterocycles. The van der Waals surface area contributed by atoms with Crippen LogP contribution < -0.4 is 10.3 Å². The fourth-order valence-electron chi connectivity index (χ4n) is 5.30. The summed E-state index contributed by atoms with van der Waals surface area (Å²) in [6.45, 7) is 6.44. The number of fused-ring (bicyclic) bond motifs is 2. The minimum absolute atomic E-state index is 0.0476. The molecule has 2 aromatic carbocycles. The van der Waals surface area contributed by atoms with E-state index in [1.165, 1.54) is 19.3 Å². The van der Waals surface area contributed by atoms with Crippen molar-refractivity contribution in [1.82, 2.24) is 14.5 Å². The zero-order chi connectivity index (χ0) is 21.9. The molecule has 3 aromatic rings. The standard InChI is InChI=1S/C26H29N3O3/c1-17-6-8-23-22(14-17)25(30)29(18(2)27-23)21-7-9-24-19(15-21)16-31-26(32-24)10-12-28(13-11-26)20-4-3-5-20/h6-9,14-15,20H,3-5,10-13,16H2,1-2H3. The van der Waals surface area contributed by atoms with E-state index in [1.807, 2.05) is 50.2 Å². The molecule has 2 fully saturated rings. The Hall–Kier alpha value is -2.70. The van der Waals surface area contributed by atoms with Crippen molar-refractivity contribution in [3.8, 4) is 11.4 Å². The van der Waals surface area contributed by atoms with Gasteiger partial charge in [0.2, 0.25) is 5.79 Å². The Morgan fingerprint density at radius 2 is 1.88 bits per heavy atom. The number of likely N-dealkylation sites (tertiary alicyclic amines) is 1. The fourth-order valence-corrected chi connectivity index (χ4v) is 5.30. The van der Waals surface area contributed by atoms with Gasteiger partial charge in [0.1, 0.15) is 11.6 Å². The Balaban J connectivity index is 1.29. The molecule has 6 rings (SSSR count). The van der Waals surface area contributed by atoms with Crippen LogP contribution in [0.15, 0.2) is 41.2 Å². The highest BCUT2D eigenvalue weighted by Gasteiger charge is 2.42. The van der Waals surface area contributed by atoms with E-state index >= 15 is 0 Å². The molecule has 1 aromatic heterocycles. The number of benzene rings is 2. The summed E-state index contributed by atoms with van der Waals surface area (Å²) < 4.78 is 14.4. The van der Waals surface area contributed by atoms with Crippen molar-refractivity contribution >= 4 is 10.9 Å². The van der Waals surface area contributed by atoms with Crippen LogP contribution in [-0.4, -0.2) is 39.4 Å². The number of nitrogens with zero attached hydrogens (tertiary/aromatic N) is 3. The molecular weight excluding hydrogens is 402 g/mol. The average molecular weight is 432 g/mol. The molecule has 166 valence electrons. The van der Waals surface area contributed by atoms with Gasteiger partial charge in [0, 0.05) is 37.5 Å². The third-order valence-corrected chi connectivity index (χ3v) is 7.43. The number of aromatic nitrogens is 2. The maximum absolute atomic E-state index is 13.3. The van der Waals surface area contributed by atoms with Crippen molar-refractivity contribution in [2.45, 2.75) is 64.4 Å². The van der Waals surface area contributed by atoms with E-state index in [0.29, 0.717) is 17.8 Å². The van der Waals surface area contributed by atoms with Gasteiger partial charge in [-0.3, -0.25) is 14.3 Å². The Morgan fingerprint density at radius 3 is 2.62 bits per heavy atom. The molecule has 6 heteroatoms. The topological polar surface area (TPSA) is 56.6 Å². The second-order valence-electron chi connectivity index (χ2n) is 9.53. The van der Waals surface area contributed by atoms with Gasteiger partial charge in [0.15, 0.2) is 0 Å². The molecule has 0 radical (unpaired) electrons. The molecule has 0 bridgehead atoms. The van der Waals surface area contributed by atoms with Gasteiger partial charge < -0.3 is 9.47 Å². The molecule has 2 aliphatic heterocycles. The summed E-state index contributed by atoms with van der Waals surface area (Å²) in [6.07, 6.45) is 5.84. The number of rotatable bonds is 2.